The van der Waals surface area contributed by atoms with Gasteiger partial charge in [0.25, 0.3) is 0 Å². The molecule has 0 aromatic heterocycles. The number of rotatable bonds is 14. The maximum Gasteiger partial charge on any atom is 0.407 e. The van der Waals surface area contributed by atoms with Crippen LogP contribution in [0.1, 0.15) is 52.0 Å². The summed E-state index contributed by atoms with van der Waals surface area (Å²) in [6.07, 6.45) is 2.77. The third-order valence-electron chi connectivity index (χ3n) is 6.49. The van der Waals surface area contributed by atoms with Crippen LogP contribution in [0.2, 0.25) is 0 Å². The Labute approximate surface area is 232 Å². The summed E-state index contributed by atoms with van der Waals surface area (Å²) in [4.78, 5) is 13.0. The largest absolute Gasteiger partial charge is 0.497 e. The SMILES string of the molecule is COc1ccc(COc2ccc(-c3ccc(OC)cc3OCCCCCCN(C(=O)O)C(C)(C)C)cc2)cc1. The molecule has 7 nitrogen and oxygen atoms in total. The first kappa shape index (κ1) is 29.7. The molecule has 0 fully saturated rings. The van der Waals surface area contributed by atoms with Crippen molar-refractivity contribution in [3.63, 3.8) is 0 Å². The molecule has 1 N–H and O–H groups in total. The monoisotopic (exact) mass is 535 g/mol. The van der Waals surface area contributed by atoms with Crippen molar-refractivity contribution in [2.45, 2.75) is 58.6 Å². The van der Waals surface area contributed by atoms with E-state index in [0.717, 1.165) is 65.4 Å². The van der Waals surface area contributed by atoms with Crippen molar-refractivity contribution in [3.05, 3.63) is 72.3 Å². The number of unbranched alkanes of at least 4 members (excludes halogenated alkanes) is 3. The van der Waals surface area contributed by atoms with Crippen LogP contribution in [0.5, 0.6) is 23.0 Å². The van der Waals surface area contributed by atoms with Gasteiger partial charge in [-0.2, -0.15) is 0 Å². The van der Waals surface area contributed by atoms with Crippen LogP contribution in [0.25, 0.3) is 11.1 Å². The average molecular weight is 536 g/mol. The van der Waals surface area contributed by atoms with E-state index in [4.69, 9.17) is 18.9 Å². The highest BCUT2D eigenvalue weighted by Gasteiger charge is 2.25. The van der Waals surface area contributed by atoms with Crippen LogP contribution in [0.15, 0.2) is 66.7 Å². The molecule has 0 atom stereocenters. The van der Waals surface area contributed by atoms with Gasteiger partial charge in [0.2, 0.25) is 0 Å². The van der Waals surface area contributed by atoms with E-state index in [1.54, 1.807) is 14.2 Å². The number of ether oxygens (including phenoxy) is 4. The van der Waals surface area contributed by atoms with E-state index in [9.17, 15) is 9.90 Å². The van der Waals surface area contributed by atoms with E-state index in [2.05, 4.69) is 0 Å². The zero-order valence-corrected chi connectivity index (χ0v) is 23.7. The Bertz CT molecular complexity index is 1170. The van der Waals surface area contributed by atoms with Crippen molar-refractivity contribution in [2.75, 3.05) is 27.4 Å². The molecular formula is C32H41NO6. The molecule has 0 aliphatic carbocycles. The number of carboxylic acid groups (broad SMARTS) is 1. The van der Waals surface area contributed by atoms with Gasteiger partial charge in [0.15, 0.2) is 0 Å². The molecule has 3 aromatic rings. The van der Waals surface area contributed by atoms with Gasteiger partial charge in [0, 0.05) is 23.7 Å². The van der Waals surface area contributed by atoms with E-state index in [1.165, 1.54) is 4.90 Å². The second-order valence-corrected chi connectivity index (χ2v) is 10.4. The summed E-state index contributed by atoms with van der Waals surface area (Å²) < 4.78 is 22.8. The first-order valence-electron chi connectivity index (χ1n) is 13.4. The van der Waals surface area contributed by atoms with Gasteiger partial charge in [-0.1, -0.05) is 37.1 Å². The van der Waals surface area contributed by atoms with Crippen LogP contribution in [-0.2, 0) is 6.61 Å². The van der Waals surface area contributed by atoms with Crippen molar-refractivity contribution >= 4 is 6.09 Å². The van der Waals surface area contributed by atoms with Crippen LogP contribution >= 0.6 is 0 Å². The van der Waals surface area contributed by atoms with Crippen LogP contribution in [0.4, 0.5) is 4.79 Å². The quantitative estimate of drug-likeness (QED) is 0.214. The number of nitrogens with zero attached hydrogens (tertiary/aromatic N) is 1. The van der Waals surface area contributed by atoms with Gasteiger partial charge in [-0.15, -0.1) is 0 Å². The smallest absolute Gasteiger partial charge is 0.407 e. The van der Waals surface area contributed by atoms with Gasteiger partial charge < -0.3 is 29.0 Å². The zero-order chi connectivity index (χ0) is 28.3. The Balaban J connectivity index is 1.52. The molecule has 0 bridgehead atoms. The van der Waals surface area contributed by atoms with E-state index in [0.29, 0.717) is 19.8 Å². The Morgan fingerprint density at radius 1 is 0.769 bits per heavy atom. The summed E-state index contributed by atoms with van der Waals surface area (Å²) in [7, 11) is 3.30. The normalized spacial score (nSPS) is 11.1. The predicted molar refractivity (Wildman–Crippen MR) is 154 cm³/mol. The maximum absolute atomic E-state index is 11.5. The number of carbonyl (C=O) groups is 1. The second-order valence-electron chi connectivity index (χ2n) is 10.4. The summed E-state index contributed by atoms with van der Waals surface area (Å²) >= 11 is 0. The average Bonchev–Trinajstić information content (AvgIpc) is 2.93. The highest BCUT2D eigenvalue weighted by Crippen LogP contribution is 2.34. The summed E-state index contributed by atoms with van der Waals surface area (Å²) in [5.74, 6) is 3.12. The number of methoxy groups -OCH3 is 2. The molecule has 0 unspecified atom stereocenters. The molecule has 7 heteroatoms. The molecule has 0 aliphatic rings. The molecule has 1 amide bonds. The molecule has 210 valence electrons. The minimum Gasteiger partial charge on any atom is -0.497 e. The van der Waals surface area contributed by atoms with Gasteiger partial charge in [-0.3, -0.25) is 0 Å². The van der Waals surface area contributed by atoms with Crippen LogP contribution in [0.3, 0.4) is 0 Å². The van der Waals surface area contributed by atoms with Gasteiger partial charge in [-0.05, 0) is 81.1 Å². The lowest BCUT2D eigenvalue weighted by molar-refractivity contribution is 0.0989. The van der Waals surface area contributed by atoms with Gasteiger partial charge in [-0.25, -0.2) is 4.79 Å². The molecule has 0 radical (unpaired) electrons. The predicted octanol–water partition coefficient (Wildman–Crippen LogP) is 7.67. The fourth-order valence-electron chi connectivity index (χ4n) is 4.23. The summed E-state index contributed by atoms with van der Waals surface area (Å²) in [6.45, 7) is 7.35. The van der Waals surface area contributed by atoms with Crippen LogP contribution < -0.4 is 18.9 Å². The lowest BCUT2D eigenvalue weighted by Gasteiger charge is -2.33. The number of hydrogen-bond acceptors (Lipinski definition) is 5. The first-order chi connectivity index (χ1) is 18.7. The number of amides is 1. The van der Waals surface area contributed by atoms with Crippen molar-refractivity contribution in [2.24, 2.45) is 0 Å². The number of hydrogen-bond donors (Lipinski definition) is 1. The highest BCUT2D eigenvalue weighted by atomic mass is 16.5. The highest BCUT2D eigenvalue weighted by molar-refractivity contribution is 5.72. The van der Waals surface area contributed by atoms with Crippen LogP contribution in [0, 0.1) is 0 Å². The standard InChI is InChI=1S/C32H41NO6/c1-32(2,3)33(31(34)35)20-8-6-7-9-21-38-30-22-28(37-5)18-19-29(30)25-12-16-27(17-13-25)39-23-24-10-14-26(36-4)15-11-24/h10-19,22H,6-9,20-21,23H2,1-5H3,(H,34,35). The summed E-state index contributed by atoms with van der Waals surface area (Å²) in [5, 5.41) is 9.43. The Hall–Kier alpha value is -3.87. The summed E-state index contributed by atoms with van der Waals surface area (Å²) in [6, 6.07) is 21.7. The van der Waals surface area contributed by atoms with Crippen molar-refractivity contribution in [1.82, 2.24) is 4.90 Å². The molecule has 0 heterocycles. The lowest BCUT2D eigenvalue weighted by Crippen LogP contribution is -2.45. The summed E-state index contributed by atoms with van der Waals surface area (Å²) in [5.41, 5.74) is 2.69. The molecule has 0 saturated carbocycles. The minimum atomic E-state index is -0.867. The maximum atomic E-state index is 11.5. The molecule has 3 rings (SSSR count). The van der Waals surface area contributed by atoms with E-state index in [-0.39, 0.29) is 0 Å². The lowest BCUT2D eigenvalue weighted by atomic mass is 10.0. The molecule has 3 aromatic carbocycles. The molecular weight excluding hydrogens is 494 g/mol. The molecule has 0 saturated heterocycles. The van der Waals surface area contributed by atoms with E-state index >= 15 is 0 Å². The first-order valence-corrected chi connectivity index (χ1v) is 13.4. The van der Waals surface area contributed by atoms with Crippen molar-refractivity contribution in [1.29, 1.82) is 0 Å². The molecule has 0 spiro atoms. The topological polar surface area (TPSA) is 77.5 Å². The van der Waals surface area contributed by atoms with Gasteiger partial charge in [0.1, 0.15) is 29.6 Å². The number of benzene rings is 3. The Morgan fingerprint density at radius 3 is 2.00 bits per heavy atom. The fourth-order valence-corrected chi connectivity index (χ4v) is 4.23. The second kappa shape index (κ2) is 14.3. The molecule has 39 heavy (non-hydrogen) atoms. The van der Waals surface area contributed by atoms with E-state index in [1.807, 2.05) is 87.5 Å². The van der Waals surface area contributed by atoms with Gasteiger partial charge in [0.05, 0.1) is 20.8 Å². The Morgan fingerprint density at radius 2 is 1.38 bits per heavy atom. The molecule has 0 aliphatic heterocycles. The fraction of sp³-hybridized carbons (Fsp3) is 0.406. The zero-order valence-electron chi connectivity index (χ0n) is 23.7. The van der Waals surface area contributed by atoms with E-state index < -0.39 is 11.6 Å². The third-order valence-corrected chi connectivity index (χ3v) is 6.49. The third kappa shape index (κ3) is 9.13. The Kier molecular flexibility index (Phi) is 10.9. The minimum absolute atomic E-state index is 0.390. The van der Waals surface area contributed by atoms with Crippen molar-refractivity contribution in [3.8, 4) is 34.1 Å². The van der Waals surface area contributed by atoms with Crippen LogP contribution in [-0.4, -0.2) is 49.0 Å². The van der Waals surface area contributed by atoms with Crippen molar-refractivity contribution < 1.29 is 28.8 Å². The van der Waals surface area contributed by atoms with Gasteiger partial charge >= 0.3 is 6.09 Å².